The van der Waals surface area contributed by atoms with E-state index in [1.165, 1.54) is 24.3 Å². The quantitative estimate of drug-likeness (QED) is 0.721. The molecule has 0 spiro atoms. The lowest BCUT2D eigenvalue weighted by molar-refractivity contribution is 0.102. The summed E-state index contributed by atoms with van der Waals surface area (Å²) in [6, 6.07) is 18.3. The number of carbonyl (C=O) groups is 1. The fourth-order valence-corrected chi connectivity index (χ4v) is 2.60. The Morgan fingerprint density at radius 1 is 0.923 bits per heavy atom. The third-order valence-electron chi connectivity index (χ3n) is 3.94. The topological polar surface area (TPSA) is 47.6 Å². The standard InChI is InChI=1S/C21H18FNO3/c1-25-18-5-3-4-14(12-18)19-13-15(6-11-20(19)26-2)21(24)23-17-9-7-16(22)8-10-17/h3-13H,1-2H3,(H,23,24). The van der Waals surface area contributed by atoms with Crippen molar-refractivity contribution in [1.82, 2.24) is 0 Å². The van der Waals surface area contributed by atoms with E-state index in [2.05, 4.69) is 5.32 Å². The second-order valence-corrected chi connectivity index (χ2v) is 5.61. The van der Waals surface area contributed by atoms with E-state index in [0.29, 0.717) is 22.7 Å². The molecule has 0 heterocycles. The van der Waals surface area contributed by atoms with Crippen molar-refractivity contribution >= 4 is 11.6 Å². The number of nitrogens with one attached hydrogen (secondary N) is 1. The number of rotatable bonds is 5. The molecule has 0 saturated carbocycles. The van der Waals surface area contributed by atoms with E-state index in [-0.39, 0.29) is 11.7 Å². The van der Waals surface area contributed by atoms with Gasteiger partial charge in [0.1, 0.15) is 17.3 Å². The first-order valence-corrected chi connectivity index (χ1v) is 8.00. The van der Waals surface area contributed by atoms with Gasteiger partial charge in [-0.15, -0.1) is 0 Å². The van der Waals surface area contributed by atoms with Gasteiger partial charge in [-0.1, -0.05) is 12.1 Å². The van der Waals surface area contributed by atoms with Crippen molar-refractivity contribution in [2.45, 2.75) is 0 Å². The molecular formula is C21H18FNO3. The lowest BCUT2D eigenvalue weighted by Crippen LogP contribution is -2.12. The van der Waals surface area contributed by atoms with Gasteiger partial charge in [0.2, 0.25) is 0 Å². The van der Waals surface area contributed by atoms with Crippen molar-refractivity contribution in [3.05, 3.63) is 78.1 Å². The van der Waals surface area contributed by atoms with E-state index in [0.717, 1.165) is 11.1 Å². The number of hydrogen-bond acceptors (Lipinski definition) is 3. The van der Waals surface area contributed by atoms with Crippen LogP contribution in [0.4, 0.5) is 10.1 Å². The summed E-state index contributed by atoms with van der Waals surface area (Å²) in [7, 11) is 3.18. The Labute approximate surface area is 151 Å². The molecule has 0 aromatic heterocycles. The lowest BCUT2D eigenvalue weighted by Gasteiger charge is -2.12. The van der Waals surface area contributed by atoms with E-state index in [4.69, 9.17) is 9.47 Å². The van der Waals surface area contributed by atoms with Crippen LogP contribution in [0.25, 0.3) is 11.1 Å². The van der Waals surface area contributed by atoms with Gasteiger partial charge in [-0.25, -0.2) is 4.39 Å². The van der Waals surface area contributed by atoms with Crippen molar-refractivity contribution in [3.63, 3.8) is 0 Å². The molecule has 132 valence electrons. The zero-order valence-corrected chi connectivity index (χ0v) is 14.5. The molecule has 0 saturated heterocycles. The Hall–Kier alpha value is -3.34. The predicted octanol–water partition coefficient (Wildman–Crippen LogP) is 4.76. The van der Waals surface area contributed by atoms with Gasteiger partial charge in [0.25, 0.3) is 5.91 Å². The van der Waals surface area contributed by atoms with Crippen LogP contribution in [0.1, 0.15) is 10.4 Å². The number of carbonyl (C=O) groups excluding carboxylic acids is 1. The molecule has 3 aromatic carbocycles. The fraction of sp³-hybridized carbons (Fsp3) is 0.0952. The monoisotopic (exact) mass is 351 g/mol. The second-order valence-electron chi connectivity index (χ2n) is 5.61. The molecular weight excluding hydrogens is 333 g/mol. The zero-order chi connectivity index (χ0) is 18.5. The molecule has 0 bridgehead atoms. The molecule has 0 unspecified atom stereocenters. The smallest absolute Gasteiger partial charge is 0.255 e. The maximum Gasteiger partial charge on any atom is 0.255 e. The molecule has 0 aliphatic rings. The SMILES string of the molecule is COc1cccc(-c2cc(C(=O)Nc3ccc(F)cc3)ccc2OC)c1. The van der Waals surface area contributed by atoms with Crippen LogP contribution in [0.2, 0.25) is 0 Å². The summed E-state index contributed by atoms with van der Waals surface area (Å²) in [6.45, 7) is 0. The number of methoxy groups -OCH3 is 2. The molecule has 0 aliphatic heterocycles. The Balaban J connectivity index is 1.93. The van der Waals surface area contributed by atoms with E-state index in [1.54, 1.807) is 32.4 Å². The first kappa shape index (κ1) is 17.5. The first-order chi connectivity index (χ1) is 12.6. The number of halogens is 1. The van der Waals surface area contributed by atoms with Crippen LogP contribution in [0.5, 0.6) is 11.5 Å². The predicted molar refractivity (Wildman–Crippen MR) is 99.3 cm³/mol. The minimum atomic E-state index is -0.354. The molecule has 0 aliphatic carbocycles. The van der Waals surface area contributed by atoms with Gasteiger partial charge >= 0.3 is 0 Å². The van der Waals surface area contributed by atoms with Gasteiger partial charge in [0.05, 0.1) is 14.2 Å². The molecule has 26 heavy (non-hydrogen) atoms. The zero-order valence-electron chi connectivity index (χ0n) is 14.5. The van der Waals surface area contributed by atoms with Crippen LogP contribution in [-0.4, -0.2) is 20.1 Å². The van der Waals surface area contributed by atoms with Crippen LogP contribution in [0.15, 0.2) is 66.7 Å². The highest BCUT2D eigenvalue weighted by molar-refractivity contribution is 6.05. The van der Waals surface area contributed by atoms with Crippen molar-refractivity contribution in [2.24, 2.45) is 0 Å². The number of hydrogen-bond donors (Lipinski definition) is 1. The molecule has 0 fully saturated rings. The minimum absolute atomic E-state index is 0.289. The largest absolute Gasteiger partial charge is 0.497 e. The van der Waals surface area contributed by atoms with E-state index in [9.17, 15) is 9.18 Å². The van der Waals surface area contributed by atoms with Crippen LogP contribution < -0.4 is 14.8 Å². The third-order valence-corrected chi connectivity index (χ3v) is 3.94. The Bertz CT molecular complexity index is 923. The Morgan fingerprint density at radius 2 is 1.69 bits per heavy atom. The summed E-state index contributed by atoms with van der Waals surface area (Å²) in [5.74, 6) is 0.721. The van der Waals surface area contributed by atoms with Crippen molar-refractivity contribution < 1.29 is 18.7 Å². The van der Waals surface area contributed by atoms with Crippen LogP contribution in [0, 0.1) is 5.82 Å². The lowest BCUT2D eigenvalue weighted by atomic mass is 10.0. The molecule has 3 rings (SSSR count). The summed E-state index contributed by atoms with van der Waals surface area (Å²) in [4.78, 5) is 12.5. The Kier molecular flexibility index (Phi) is 5.17. The highest BCUT2D eigenvalue weighted by Gasteiger charge is 2.13. The van der Waals surface area contributed by atoms with Gasteiger partial charge in [-0.3, -0.25) is 4.79 Å². The average molecular weight is 351 g/mol. The second kappa shape index (κ2) is 7.70. The summed E-state index contributed by atoms with van der Waals surface area (Å²) in [5, 5.41) is 2.75. The fourth-order valence-electron chi connectivity index (χ4n) is 2.60. The molecule has 0 atom stereocenters. The van der Waals surface area contributed by atoms with Crippen LogP contribution in [-0.2, 0) is 0 Å². The van der Waals surface area contributed by atoms with Crippen molar-refractivity contribution in [2.75, 3.05) is 19.5 Å². The minimum Gasteiger partial charge on any atom is -0.497 e. The van der Waals surface area contributed by atoms with Crippen LogP contribution >= 0.6 is 0 Å². The van der Waals surface area contributed by atoms with Crippen molar-refractivity contribution in [1.29, 1.82) is 0 Å². The van der Waals surface area contributed by atoms with Gasteiger partial charge in [-0.2, -0.15) is 0 Å². The van der Waals surface area contributed by atoms with Gasteiger partial charge in [0.15, 0.2) is 0 Å². The van der Waals surface area contributed by atoms with Crippen molar-refractivity contribution in [3.8, 4) is 22.6 Å². The summed E-state index contributed by atoms with van der Waals surface area (Å²) >= 11 is 0. The van der Waals surface area contributed by atoms with Gasteiger partial charge in [0, 0.05) is 16.8 Å². The van der Waals surface area contributed by atoms with E-state index >= 15 is 0 Å². The molecule has 3 aromatic rings. The molecule has 0 radical (unpaired) electrons. The molecule has 5 heteroatoms. The van der Waals surface area contributed by atoms with E-state index < -0.39 is 0 Å². The first-order valence-electron chi connectivity index (χ1n) is 8.00. The maximum absolute atomic E-state index is 13.0. The Morgan fingerprint density at radius 3 is 2.38 bits per heavy atom. The highest BCUT2D eigenvalue weighted by atomic mass is 19.1. The number of benzene rings is 3. The summed E-state index contributed by atoms with van der Waals surface area (Å²) in [5.41, 5.74) is 2.64. The summed E-state index contributed by atoms with van der Waals surface area (Å²) in [6.07, 6.45) is 0. The number of ether oxygens (including phenoxy) is 2. The summed E-state index contributed by atoms with van der Waals surface area (Å²) < 4.78 is 23.7. The maximum atomic E-state index is 13.0. The average Bonchev–Trinajstić information content (AvgIpc) is 2.69. The normalized spacial score (nSPS) is 10.3. The number of anilines is 1. The third kappa shape index (κ3) is 3.83. The van der Waals surface area contributed by atoms with Crippen LogP contribution in [0.3, 0.4) is 0 Å². The molecule has 1 amide bonds. The van der Waals surface area contributed by atoms with Gasteiger partial charge in [-0.05, 0) is 60.2 Å². The highest BCUT2D eigenvalue weighted by Crippen LogP contribution is 2.33. The number of amides is 1. The van der Waals surface area contributed by atoms with Gasteiger partial charge < -0.3 is 14.8 Å². The van der Waals surface area contributed by atoms with E-state index in [1.807, 2.05) is 24.3 Å². The molecule has 4 nitrogen and oxygen atoms in total. The molecule has 1 N–H and O–H groups in total.